The first-order valence-electron chi connectivity index (χ1n) is 19.6. The molecular weight excluding hydrogens is 747 g/mol. The summed E-state index contributed by atoms with van der Waals surface area (Å²) in [6, 6.07) is 49.7. The van der Waals surface area contributed by atoms with Crippen LogP contribution in [-0.2, 0) is 0 Å². The lowest BCUT2D eigenvalue weighted by molar-refractivity contribution is 0.664. The van der Waals surface area contributed by atoms with Gasteiger partial charge in [0.05, 0.1) is 0 Å². The van der Waals surface area contributed by atoms with Crippen molar-refractivity contribution in [2.75, 3.05) is 0 Å². The molecular formula is C52H39N3OS2. The number of furan rings is 1. The van der Waals surface area contributed by atoms with Gasteiger partial charge in [-0.2, -0.15) is 0 Å². The molecule has 0 amide bonds. The van der Waals surface area contributed by atoms with E-state index in [2.05, 4.69) is 157 Å². The van der Waals surface area contributed by atoms with Crippen LogP contribution in [0.4, 0.5) is 0 Å². The molecule has 7 aromatic carbocycles. The Bertz CT molecular complexity index is 3300. The van der Waals surface area contributed by atoms with Crippen molar-refractivity contribution in [2.24, 2.45) is 4.99 Å². The lowest BCUT2D eigenvalue weighted by Crippen LogP contribution is -2.27. The fraction of sp³-hybridized carbons (Fsp3) is 0.0769. The van der Waals surface area contributed by atoms with E-state index >= 15 is 0 Å². The Hall–Kier alpha value is -6.60. The normalized spacial score (nSPS) is 12.8. The maximum atomic E-state index is 9.03. The fourth-order valence-corrected chi connectivity index (χ4v) is 10.7. The van der Waals surface area contributed by atoms with E-state index in [1.54, 1.807) is 0 Å². The van der Waals surface area contributed by atoms with E-state index in [1.165, 1.54) is 62.6 Å². The third-order valence-electron chi connectivity index (χ3n) is 11.1. The van der Waals surface area contributed by atoms with Crippen LogP contribution < -0.4 is 5.32 Å². The largest absolute Gasteiger partial charge is 0.456 e. The second kappa shape index (κ2) is 14.7. The summed E-state index contributed by atoms with van der Waals surface area (Å²) in [7, 11) is 0. The van der Waals surface area contributed by atoms with Crippen molar-refractivity contribution < 1.29 is 4.42 Å². The number of amidine groups is 1. The molecule has 10 aromatic rings. The van der Waals surface area contributed by atoms with Gasteiger partial charge in [-0.3, -0.25) is 10.4 Å². The van der Waals surface area contributed by atoms with Crippen molar-refractivity contribution in [1.82, 2.24) is 5.32 Å². The van der Waals surface area contributed by atoms with E-state index in [-0.39, 0.29) is 5.84 Å². The highest BCUT2D eigenvalue weighted by atomic mass is 32.1. The zero-order chi connectivity index (χ0) is 39.3. The molecule has 2 N–H and O–H groups in total. The van der Waals surface area contributed by atoms with Gasteiger partial charge in [-0.1, -0.05) is 122 Å². The number of nitrogens with one attached hydrogen (secondary N) is 2. The average molecular weight is 786 g/mol. The smallest absolute Gasteiger partial charge is 0.145 e. The first-order chi connectivity index (χ1) is 28.5. The van der Waals surface area contributed by atoms with Crippen LogP contribution in [0, 0.1) is 5.41 Å². The predicted molar refractivity (Wildman–Crippen MR) is 252 cm³/mol. The molecule has 4 nitrogen and oxygen atoms in total. The van der Waals surface area contributed by atoms with Gasteiger partial charge in [0, 0.05) is 62.2 Å². The van der Waals surface area contributed by atoms with Crippen LogP contribution in [0.15, 0.2) is 167 Å². The highest BCUT2D eigenvalue weighted by Crippen LogP contribution is 2.44. The molecule has 0 saturated carbocycles. The highest BCUT2D eigenvalue weighted by Gasteiger charge is 2.20. The molecule has 0 aliphatic heterocycles. The maximum absolute atomic E-state index is 9.03. The number of hydrogen-bond acceptors (Lipinski definition) is 5. The number of benzene rings is 7. The molecule has 0 spiro atoms. The number of nitrogens with zero attached hydrogens (tertiary/aromatic N) is 1. The van der Waals surface area contributed by atoms with Crippen LogP contribution in [0.2, 0.25) is 0 Å². The second-order valence-corrected chi connectivity index (χ2v) is 16.8. The Morgan fingerprint density at radius 3 is 2.16 bits per heavy atom. The minimum Gasteiger partial charge on any atom is -0.456 e. The monoisotopic (exact) mass is 785 g/mol. The molecule has 280 valence electrons. The van der Waals surface area contributed by atoms with E-state index in [0.29, 0.717) is 0 Å². The van der Waals surface area contributed by atoms with Gasteiger partial charge >= 0.3 is 0 Å². The fourth-order valence-electron chi connectivity index (χ4n) is 8.35. The number of rotatable bonds is 9. The Balaban J connectivity index is 1.00. The van der Waals surface area contributed by atoms with Crippen LogP contribution in [0.5, 0.6) is 0 Å². The van der Waals surface area contributed by atoms with Crippen molar-refractivity contribution in [3.05, 3.63) is 174 Å². The van der Waals surface area contributed by atoms with Crippen molar-refractivity contribution >= 4 is 103 Å². The van der Waals surface area contributed by atoms with E-state index < -0.39 is 6.17 Å². The topological polar surface area (TPSA) is 61.4 Å². The summed E-state index contributed by atoms with van der Waals surface area (Å²) in [6.45, 7) is 8.12. The number of hydrogen-bond donors (Lipinski definition) is 2. The number of aliphatic imine (C=N–C) groups is 1. The molecule has 0 radical (unpaired) electrons. The van der Waals surface area contributed by atoms with Crippen LogP contribution in [0.1, 0.15) is 43.1 Å². The van der Waals surface area contributed by atoms with Gasteiger partial charge < -0.3 is 9.73 Å². The lowest BCUT2D eigenvalue weighted by Gasteiger charge is -2.18. The molecule has 10 rings (SSSR count). The molecule has 1 atom stereocenters. The zero-order valence-corrected chi connectivity index (χ0v) is 33.8. The van der Waals surface area contributed by atoms with E-state index in [4.69, 9.17) is 9.83 Å². The van der Waals surface area contributed by atoms with E-state index in [1.807, 2.05) is 53.9 Å². The number of fused-ring (bicyclic) bond motifs is 9. The lowest BCUT2D eigenvalue weighted by atomic mass is 9.96. The molecule has 0 aliphatic rings. The summed E-state index contributed by atoms with van der Waals surface area (Å²) in [6.07, 6.45) is 6.78. The van der Waals surface area contributed by atoms with Crippen LogP contribution in [0.25, 0.3) is 90.1 Å². The molecule has 0 bridgehead atoms. The summed E-state index contributed by atoms with van der Waals surface area (Å²) in [5, 5.41) is 19.5. The van der Waals surface area contributed by atoms with Gasteiger partial charge in [-0.25, -0.2) is 0 Å². The second-order valence-electron chi connectivity index (χ2n) is 14.6. The number of thiophene rings is 2. The maximum Gasteiger partial charge on any atom is 0.145 e. The van der Waals surface area contributed by atoms with Gasteiger partial charge in [-0.15, -0.1) is 22.7 Å². The third-order valence-corrected chi connectivity index (χ3v) is 13.3. The van der Waals surface area contributed by atoms with E-state index in [9.17, 15) is 0 Å². The first-order valence-corrected chi connectivity index (χ1v) is 21.2. The summed E-state index contributed by atoms with van der Waals surface area (Å²) in [5.41, 5.74) is 10.3. The van der Waals surface area contributed by atoms with Crippen LogP contribution in [-0.4, -0.2) is 12.6 Å². The predicted octanol–water partition coefficient (Wildman–Crippen LogP) is 15.3. The quantitative estimate of drug-likeness (QED) is 0.0870. The van der Waals surface area contributed by atoms with Gasteiger partial charge in [-0.05, 0) is 95.9 Å². The summed E-state index contributed by atoms with van der Waals surface area (Å²) in [4.78, 5) is 4.50. The van der Waals surface area contributed by atoms with Crippen LogP contribution >= 0.6 is 22.7 Å². The molecule has 3 heterocycles. The van der Waals surface area contributed by atoms with Gasteiger partial charge in [0.25, 0.3) is 0 Å². The zero-order valence-electron chi connectivity index (χ0n) is 32.2. The summed E-state index contributed by atoms with van der Waals surface area (Å²) in [5.74, 6) is 0.279. The third kappa shape index (κ3) is 6.13. The molecule has 0 aliphatic carbocycles. The Morgan fingerprint density at radius 1 is 0.672 bits per heavy atom. The highest BCUT2D eigenvalue weighted by molar-refractivity contribution is 7.26. The summed E-state index contributed by atoms with van der Waals surface area (Å²) < 4.78 is 11.6. The molecule has 0 saturated heterocycles. The van der Waals surface area contributed by atoms with Crippen molar-refractivity contribution in [2.45, 2.75) is 26.4 Å². The van der Waals surface area contributed by atoms with Crippen molar-refractivity contribution in [3.8, 4) is 22.3 Å². The van der Waals surface area contributed by atoms with E-state index in [0.717, 1.165) is 50.6 Å². The molecule has 0 fully saturated rings. The van der Waals surface area contributed by atoms with Gasteiger partial charge in [0.15, 0.2) is 0 Å². The minimum atomic E-state index is -0.558. The molecule has 3 aromatic heterocycles. The Morgan fingerprint density at radius 2 is 1.36 bits per heavy atom. The van der Waals surface area contributed by atoms with Crippen LogP contribution in [0.3, 0.4) is 0 Å². The minimum absolute atomic E-state index is 0.279. The molecule has 1 unspecified atom stereocenters. The van der Waals surface area contributed by atoms with Crippen molar-refractivity contribution in [1.29, 1.82) is 5.41 Å². The Labute approximate surface area is 344 Å². The standard InChI is InChI=1S/C52H39N3OS2/c1-4-10-31(11-5-2)32-18-20-33(21-19-32)51(53)55-52(54-3)41-14-8-15-44-49(41)42-28-36(24-27-43(42)56-44)37-13-9-17-46-50(37)40-26-23-35(30-48(40)58-46)34-22-25-39-38-12-6-7-16-45(38)57-47(39)29-34/h4,6-30,52H,3,5H2,1-2H3,(H2,53,55)/b10-4-,31-11+. The van der Waals surface area contributed by atoms with Gasteiger partial charge in [0.1, 0.15) is 23.2 Å². The Kier molecular flexibility index (Phi) is 9.08. The molecule has 6 heteroatoms. The first kappa shape index (κ1) is 35.8. The number of allylic oxidation sites excluding steroid dienone is 4. The SMILES string of the molecule is C=NC(NC(=N)c1ccc(C(/C=C\C)=C/CC)cc1)c1cccc2oc3ccc(-c4cccc5sc6cc(-c7ccc8c(c7)sc7ccccc78)ccc6c45)cc3c12. The van der Waals surface area contributed by atoms with Gasteiger partial charge in [0.2, 0.25) is 0 Å². The summed E-state index contributed by atoms with van der Waals surface area (Å²) >= 11 is 3.70. The average Bonchev–Trinajstić information content (AvgIpc) is 3.96. The van der Waals surface area contributed by atoms with Crippen molar-refractivity contribution in [3.63, 3.8) is 0 Å². The molecule has 58 heavy (non-hydrogen) atoms.